The molecule has 1 aromatic carbocycles. The van der Waals surface area contributed by atoms with Gasteiger partial charge < -0.3 is 11.1 Å². The van der Waals surface area contributed by atoms with Crippen molar-refractivity contribution in [1.82, 2.24) is 10.2 Å². The number of carbonyl (C=O) groups is 1. The van der Waals surface area contributed by atoms with Gasteiger partial charge in [0.25, 0.3) is 0 Å². The Morgan fingerprint density at radius 2 is 1.89 bits per heavy atom. The number of hydrogen-bond donors (Lipinski definition) is 2. The summed E-state index contributed by atoms with van der Waals surface area (Å²) in [5, 5.41) is 3.35. The van der Waals surface area contributed by atoms with Crippen LogP contribution in [-0.4, -0.2) is 37.0 Å². The zero-order valence-corrected chi connectivity index (χ0v) is 11.8. The van der Waals surface area contributed by atoms with Crippen molar-refractivity contribution in [3.63, 3.8) is 0 Å². The summed E-state index contributed by atoms with van der Waals surface area (Å²) in [6, 6.07) is 5.95. The summed E-state index contributed by atoms with van der Waals surface area (Å²) in [7, 11) is 0. The van der Waals surface area contributed by atoms with E-state index in [0.717, 1.165) is 38.2 Å². The van der Waals surface area contributed by atoms with Gasteiger partial charge >= 0.3 is 0 Å². The zero-order valence-electron chi connectivity index (χ0n) is 11.8. The van der Waals surface area contributed by atoms with Crippen molar-refractivity contribution in [3.8, 4) is 0 Å². The molecule has 0 aliphatic carbocycles. The van der Waals surface area contributed by atoms with Gasteiger partial charge in [-0.1, -0.05) is 29.3 Å². The van der Waals surface area contributed by atoms with Crippen LogP contribution in [0.15, 0.2) is 18.2 Å². The maximum absolute atomic E-state index is 11.9. The number of nitrogens with one attached hydrogen (secondary N) is 1. The maximum Gasteiger partial charge on any atom is 0.239 e. The Labute approximate surface area is 115 Å². The first-order chi connectivity index (χ1) is 9.08. The van der Waals surface area contributed by atoms with Crippen molar-refractivity contribution in [1.29, 1.82) is 0 Å². The molecule has 1 atom stereocenters. The Morgan fingerprint density at radius 3 is 2.53 bits per heavy atom. The molecule has 104 valence electrons. The normalized spacial score (nSPS) is 18.8. The second kappa shape index (κ2) is 6.17. The van der Waals surface area contributed by atoms with E-state index in [4.69, 9.17) is 5.73 Å². The summed E-state index contributed by atoms with van der Waals surface area (Å²) in [5.41, 5.74) is 9.02. The highest BCUT2D eigenvalue weighted by Crippen LogP contribution is 2.23. The number of rotatable bonds is 3. The van der Waals surface area contributed by atoms with Crippen molar-refractivity contribution >= 4 is 5.91 Å². The summed E-state index contributed by atoms with van der Waals surface area (Å²) in [6.45, 7) is 7.80. The van der Waals surface area contributed by atoms with E-state index in [1.807, 2.05) is 0 Å². The highest BCUT2D eigenvalue weighted by Gasteiger charge is 2.26. The van der Waals surface area contributed by atoms with Crippen molar-refractivity contribution in [2.75, 3.05) is 26.2 Å². The molecule has 1 fully saturated rings. The molecule has 4 heteroatoms. The van der Waals surface area contributed by atoms with Gasteiger partial charge in [0, 0.05) is 19.6 Å². The SMILES string of the molecule is Cc1cc(C)cc(C(C(N)=O)N2CCCNCC2)c1. The predicted octanol–water partition coefficient (Wildman–Crippen LogP) is 1.13. The first-order valence-electron chi connectivity index (χ1n) is 6.90. The topological polar surface area (TPSA) is 58.4 Å². The Bertz CT molecular complexity index is 430. The van der Waals surface area contributed by atoms with E-state index in [1.165, 1.54) is 11.1 Å². The van der Waals surface area contributed by atoms with Crippen molar-refractivity contribution in [3.05, 3.63) is 34.9 Å². The molecule has 0 bridgehead atoms. The molecule has 1 unspecified atom stereocenters. The first kappa shape index (κ1) is 14.0. The summed E-state index contributed by atoms with van der Waals surface area (Å²) in [5.74, 6) is -0.257. The fourth-order valence-electron chi connectivity index (χ4n) is 2.85. The number of carbonyl (C=O) groups excluding carboxylic acids is 1. The lowest BCUT2D eigenvalue weighted by atomic mass is 9.99. The van der Waals surface area contributed by atoms with Crippen LogP contribution in [0, 0.1) is 13.8 Å². The maximum atomic E-state index is 11.9. The smallest absolute Gasteiger partial charge is 0.239 e. The third-order valence-corrected chi connectivity index (χ3v) is 3.57. The minimum atomic E-state index is -0.307. The van der Waals surface area contributed by atoms with E-state index in [-0.39, 0.29) is 11.9 Å². The molecule has 2 rings (SSSR count). The van der Waals surface area contributed by atoms with E-state index in [0.29, 0.717) is 0 Å². The number of amides is 1. The van der Waals surface area contributed by atoms with Gasteiger partial charge in [0.1, 0.15) is 6.04 Å². The average molecular weight is 261 g/mol. The van der Waals surface area contributed by atoms with Gasteiger partial charge in [0.05, 0.1) is 0 Å². The lowest BCUT2D eigenvalue weighted by Crippen LogP contribution is -2.39. The van der Waals surface area contributed by atoms with Crippen molar-refractivity contribution in [2.24, 2.45) is 5.73 Å². The highest BCUT2D eigenvalue weighted by atomic mass is 16.1. The average Bonchev–Trinajstić information content (AvgIpc) is 2.56. The van der Waals surface area contributed by atoms with Gasteiger partial charge in [0.15, 0.2) is 0 Å². The molecular formula is C15H23N3O. The largest absolute Gasteiger partial charge is 0.368 e. The van der Waals surface area contributed by atoms with E-state index in [1.54, 1.807) is 0 Å². The van der Waals surface area contributed by atoms with Gasteiger partial charge in [-0.2, -0.15) is 0 Å². The van der Waals surface area contributed by atoms with Gasteiger partial charge in [0.2, 0.25) is 5.91 Å². The molecule has 0 radical (unpaired) electrons. The number of primary amides is 1. The van der Waals surface area contributed by atoms with Crippen LogP contribution in [0.25, 0.3) is 0 Å². The zero-order chi connectivity index (χ0) is 13.8. The van der Waals surface area contributed by atoms with Crippen LogP contribution in [0.3, 0.4) is 0 Å². The molecule has 3 N–H and O–H groups in total. The van der Waals surface area contributed by atoms with Crippen LogP contribution < -0.4 is 11.1 Å². The lowest BCUT2D eigenvalue weighted by Gasteiger charge is -2.28. The molecule has 4 nitrogen and oxygen atoms in total. The Morgan fingerprint density at radius 1 is 1.21 bits per heavy atom. The van der Waals surface area contributed by atoms with Crippen LogP contribution in [0.4, 0.5) is 0 Å². The number of aryl methyl sites for hydroxylation is 2. The van der Waals surface area contributed by atoms with E-state index < -0.39 is 0 Å². The summed E-state index contributed by atoms with van der Waals surface area (Å²) < 4.78 is 0. The van der Waals surface area contributed by atoms with Gasteiger partial charge in [-0.25, -0.2) is 0 Å². The minimum Gasteiger partial charge on any atom is -0.368 e. The predicted molar refractivity (Wildman–Crippen MR) is 76.9 cm³/mol. The molecule has 1 aliphatic rings. The standard InChI is InChI=1S/C15H23N3O/c1-11-8-12(2)10-13(9-11)14(15(16)19)18-6-3-4-17-5-7-18/h8-10,14,17H,3-7H2,1-2H3,(H2,16,19). The second-order valence-electron chi connectivity index (χ2n) is 5.37. The van der Waals surface area contributed by atoms with Crippen LogP contribution >= 0.6 is 0 Å². The van der Waals surface area contributed by atoms with E-state index in [9.17, 15) is 4.79 Å². The molecule has 1 aliphatic heterocycles. The molecule has 1 heterocycles. The van der Waals surface area contributed by atoms with Crippen molar-refractivity contribution < 1.29 is 4.79 Å². The summed E-state index contributed by atoms with van der Waals surface area (Å²) in [6.07, 6.45) is 1.05. The van der Waals surface area contributed by atoms with Crippen LogP contribution in [0.5, 0.6) is 0 Å². The molecule has 1 aromatic rings. The summed E-state index contributed by atoms with van der Waals surface area (Å²) >= 11 is 0. The fraction of sp³-hybridized carbons (Fsp3) is 0.533. The highest BCUT2D eigenvalue weighted by molar-refractivity contribution is 5.81. The Kier molecular flexibility index (Phi) is 4.56. The third kappa shape index (κ3) is 3.55. The quantitative estimate of drug-likeness (QED) is 0.857. The van der Waals surface area contributed by atoms with Crippen molar-refractivity contribution in [2.45, 2.75) is 26.3 Å². The number of nitrogens with zero attached hydrogens (tertiary/aromatic N) is 1. The fourth-order valence-corrected chi connectivity index (χ4v) is 2.85. The monoisotopic (exact) mass is 261 g/mol. The van der Waals surface area contributed by atoms with Crippen LogP contribution in [0.2, 0.25) is 0 Å². The second-order valence-corrected chi connectivity index (χ2v) is 5.37. The van der Waals surface area contributed by atoms with Gasteiger partial charge in [-0.05, 0) is 32.4 Å². The van der Waals surface area contributed by atoms with E-state index in [2.05, 4.69) is 42.3 Å². The molecule has 1 amide bonds. The molecule has 0 aromatic heterocycles. The van der Waals surface area contributed by atoms with E-state index >= 15 is 0 Å². The molecule has 0 saturated carbocycles. The van der Waals surface area contributed by atoms with Crippen LogP contribution in [-0.2, 0) is 4.79 Å². The molecule has 0 spiro atoms. The van der Waals surface area contributed by atoms with Gasteiger partial charge in [-0.15, -0.1) is 0 Å². The lowest BCUT2D eigenvalue weighted by molar-refractivity contribution is -0.123. The molecule has 19 heavy (non-hydrogen) atoms. The summed E-state index contributed by atoms with van der Waals surface area (Å²) in [4.78, 5) is 14.1. The number of benzene rings is 1. The Balaban J connectivity index is 2.30. The first-order valence-corrected chi connectivity index (χ1v) is 6.90. The number of nitrogens with two attached hydrogens (primary N) is 1. The minimum absolute atomic E-state index is 0.257. The Hall–Kier alpha value is -1.39. The van der Waals surface area contributed by atoms with Crippen LogP contribution in [0.1, 0.15) is 29.2 Å². The molecule has 1 saturated heterocycles. The molecular weight excluding hydrogens is 238 g/mol. The van der Waals surface area contributed by atoms with Gasteiger partial charge in [-0.3, -0.25) is 9.69 Å². The number of hydrogen-bond acceptors (Lipinski definition) is 3. The third-order valence-electron chi connectivity index (χ3n) is 3.57.